The molecule has 0 aliphatic heterocycles. The molecule has 0 saturated carbocycles. The van der Waals surface area contributed by atoms with Gasteiger partial charge in [0.15, 0.2) is 0 Å². The van der Waals surface area contributed by atoms with Gasteiger partial charge in [-0.1, -0.05) is 0 Å². The molecule has 0 aliphatic rings. The van der Waals surface area contributed by atoms with Gasteiger partial charge in [0.1, 0.15) is 18.0 Å². The SMILES string of the molecule is CC(=N)N(O)CC(=O)OC(C)(C)C. The van der Waals surface area contributed by atoms with Crippen LogP contribution < -0.4 is 0 Å². The van der Waals surface area contributed by atoms with Crippen molar-refractivity contribution in [2.24, 2.45) is 0 Å². The lowest BCUT2D eigenvalue weighted by molar-refractivity contribution is -0.161. The van der Waals surface area contributed by atoms with Crippen LogP contribution in [0.5, 0.6) is 0 Å². The molecular formula is C8H16N2O3. The first-order valence-corrected chi connectivity index (χ1v) is 3.96. The second-order valence-electron chi connectivity index (χ2n) is 3.73. The fraction of sp³-hybridized carbons (Fsp3) is 0.750. The van der Waals surface area contributed by atoms with Gasteiger partial charge in [0.25, 0.3) is 0 Å². The van der Waals surface area contributed by atoms with E-state index in [9.17, 15) is 4.79 Å². The lowest BCUT2D eigenvalue weighted by Gasteiger charge is -2.21. The highest BCUT2D eigenvalue weighted by atomic mass is 16.6. The Balaban J connectivity index is 3.96. The minimum absolute atomic E-state index is 0.0918. The molecule has 0 atom stereocenters. The third-order valence-electron chi connectivity index (χ3n) is 1.09. The van der Waals surface area contributed by atoms with Crippen molar-refractivity contribution in [1.82, 2.24) is 5.06 Å². The third kappa shape index (κ3) is 6.10. The highest BCUT2D eigenvalue weighted by Crippen LogP contribution is 2.06. The first-order chi connectivity index (χ1) is 5.72. The van der Waals surface area contributed by atoms with Gasteiger partial charge in [-0.25, -0.2) is 5.06 Å². The fourth-order valence-corrected chi connectivity index (χ4v) is 0.615. The van der Waals surface area contributed by atoms with Gasteiger partial charge >= 0.3 is 5.97 Å². The van der Waals surface area contributed by atoms with Crippen molar-refractivity contribution < 1.29 is 14.7 Å². The Labute approximate surface area is 77.8 Å². The number of rotatable bonds is 2. The summed E-state index contributed by atoms with van der Waals surface area (Å²) < 4.78 is 4.92. The van der Waals surface area contributed by atoms with Crippen molar-refractivity contribution in [3.63, 3.8) is 0 Å². The van der Waals surface area contributed by atoms with E-state index in [4.69, 9.17) is 15.4 Å². The number of ether oxygens (including phenoxy) is 1. The summed E-state index contributed by atoms with van der Waals surface area (Å²) in [7, 11) is 0. The fourth-order valence-electron chi connectivity index (χ4n) is 0.615. The van der Waals surface area contributed by atoms with E-state index in [0.29, 0.717) is 5.06 Å². The van der Waals surface area contributed by atoms with Crippen LogP contribution in [-0.4, -0.2) is 34.2 Å². The van der Waals surface area contributed by atoms with Crippen molar-refractivity contribution >= 4 is 11.8 Å². The molecule has 0 spiro atoms. The Morgan fingerprint density at radius 2 is 2.00 bits per heavy atom. The zero-order valence-electron chi connectivity index (χ0n) is 8.42. The summed E-state index contributed by atoms with van der Waals surface area (Å²) in [6.07, 6.45) is 0. The second kappa shape index (κ2) is 4.23. The number of hydrogen-bond donors (Lipinski definition) is 2. The molecule has 0 aromatic carbocycles. The van der Waals surface area contributed by atoms with Crippen LogP contribution >= 0.6 is 0 Å². The monoisotopic (exact) mass is 188 g/mol. The van der Waals surface area contributed by atoms with Crippen LogP contribution in [0.3, 0.4) is 0 Å². The molecule has 0 aromatic rings. The molecular weight excluding hydrogens is 172 g/mol. The summed E-state index contributed by atoms with van der Waals surface area (Å²) in [4.78, 5) is 11.1. The van der Waals surface area contributed by atoms with Gasteiger partial charge in [-0.3, -0.25) is 15.4 Å². The minimum Gasteiger partial charge on any atom is -0.459 e. The van der Waals surface area contributed by atoms with Crippen molar-refractivity contribution in [2.75, 3.05) is 6.54 Å². The Bertz CT molecular complexity index is 208. The Hall–Kier alpha value is -1.10. The molecule has 5 heteroatoms. The molecule has 5 nitrogen and oxygen atoms in total. The van der Waals surface area contributed by atoms with E-state index in [-0.39, 0.29) is 12.4 Å². The summed E-state index contributed by atoms with van der Waals surface area (Å²) >= 11 is 0. The van der Waals surface area contributed by atoms with Gasteiger partial charge in [-0.05, 0) is 27.7 Å². The van der Waals surface area contributed by atoms with Crippen molar-refractivity contribution in [3.8, 4) is 0 Å². The number of esters is 1. The average Bonchev–Trinajstić information content (AvgIpc) is 1.81. The molecule has 0 fully saturated rings. The number of nitrogens with zero attached hydrogens (tertiary/aromatic N) is 1. The molecule has 0 amide bonds. The van der Waals surface area contributed by atoms with Gasteiger partial charge in [0.05, 0.1) is 0 Å². The molecule has 0 rings (SSSR count). The third-order valence-corrected chi connectivity index (χ3v) is 1.09. The molecule has 0 unspecified atom stereocenters. The first-order valence-electron chi connectivity index (χ1n) is 3.96. The molecule has 0 bridgehead atoms. The molecule has 0 saturated heterocycles. The summed E-state index contributed by atoms with van der Waals surface area (Å²) in [5, 5.41) is 16.5. The molecule has 0 aromatic heterocycles. The van der Waals surface area contributed by atoms with Gasteiger partial charge in [-0.2, -0.15) is 0 Å². The van der Waals surface area contributed by atoms with E-state index in [1.165, 1.54) is 6.92 Å². The highest BCUT2D eigenvalue weighted by molar-refractivity contribution is 5.81. The Kier molecular flexibility index (Phi) is 3.87. The van der Waals surface area contributed by atoms with E-state index in [1.807, 2.05) is 0 Å². The number of carbonyl (C=O) groups is 1. The lowest BCUT2D eigenvalue weighted by atomic mass is 10.2. The topological polar surface area (TPSA) is 73.6 Å². The van der Waals surface area contributed by atoms with Gasteiger partial charge in [0, 0.05) is 0 Å². The van der Waals surface area contributed by atoms with E-state index >= 15 is 0 Å². The summed E-state index contributed by atoms with van der Waals surface area (Å²) in [6, 6.07) is 0. The maximum Gasteiger partial charge on any atom is 0.328 e. The van der Waals surface area contributed by atoms with Crippen molar-refractivity contribution in [3.05, 3.63) is 0 Å². The number of hydrogen-bond acceptors (Lipinski definition) is 4. The molecule has 76 valence electrons. The van der Waals surface area contributed by atoms with E-state index < -0.39 is 11.6 Å². The summed E-state index contributed by atoms with van der Waals surface area (Å²) in [6.45, 7) is 6.29. The maximum absolute atomic E-state index is 11.1. The van der Waals surface area contributed by atoms with E-state index in [0.717, 1.165) is 0 Å². The second-order valence-corrected chi connectivity index (χ2v) is 3.73. The zero-order chi connectivity index (χ0) is 10.6. The van der Waals surface area contributed by atoms with Crippen LogP contribution in [0.1, 0.15) is 27.7 Å². The lowest BCUT2D eigenvalue weighted by Crippen LogP contribution is -2.35. The molecule has 0 heterocycles. The minimum atomic E-state index is -0.562. The van der Waals surface area contributed by atoms with E-state index in [2.05, 4.69) is 0 Å². The van der Waals surface area contributed by atoms with Crippen LogP contribution in [0, 0.1) is 5.41 Å². The maximum atomic E-state index is 11.1. The molecule has 2 N–H and O–H groups in total. The predicted molar refractivity (Wildman–Crippen MR) is 47.7 cm³/mol. The number of carbonyl (C=O) groups excluding carboxylic acids is 1. The number of amidine groups is 1. The van der Waals surface area contributed by atoms with Crippen LogP contribution in [-0.2, 0) is 9.53 Å². The Morgan fingerprint density at radius 1 is 1.54 bits per heavy atom. The highest BCUT2D eigenvalue weighted by Gasteiger charge is 2.18. The molecule has 0 radical (unpaired) electrons. The average molecular weight is 188 g/mol. The largest absolute Gasteiger partial charge is 0.459 e. The smallest absolute Gasteiger partial charge is 0.328 e. The quantitative estimate of drug-likeness (QED) is 0.293. The van der Waals surface area contributed by atoms with Crippen LogP contribution in [0.2, 0.25) is 0 Å². The standard InChI is InChI=1S/C8H16N2O3/c1-6(9)10(12)5-7(11)13-8(2,3)4/h9,12H,5H2,1-4H3. The normalized spacial score (nSPS) is 10.8. The summed E-state index contributed by atoms with van der Waals surface area (Å²) in [5.41, 5.74) is -0.562. The number of nitrogens with one attached hydrogen (secondary N) is 1. The van der Waals surface area contributed by atoms with Crippen LogP contribution in [0.15, 0.2) is 0 Å². The predicted octanol–water partition coefficient (Wildman–Crippen LogP) is 1.02. The van der Waals surface area contributed by atoms with Crippen molar-refractivity contribution in [1.29, 1.82) is 5.41 Å². The number of hydroxylamine groups is 2. The van der Waals surface area contributed by atoms with Gasteiger partial charge < -0.3 is 4.74 Å². The van der Waals surface area contributed by atoms with Crippen molar-refractivity contribution in [2.45, 2.75) is 33.3 Å². The van der Waals surface area contributed by atoms with Crippen LogP contribution in [0.25, 0.3) is 0 Å². The molecule has 13 heavy (non-hydrogen) atoms. The summed E-state index contributed by atoms with van der Waals surface area (Å²) in [5.74, 6) is -0.646. The zero-order valence-corrected chi connectivity index (χ0v) is 8.42. The molecule has 0 aliphatic carbocycles. The Morgan fingerprint density at radius 3 is 2.31 bits per heavy atom. The van der Waals surface area contributed by atoms with E-state index in [1.54, 1.807) is 20.8 Å². The van der Waals surface area contributed by atoms with Gasteiger partial charge in [-0.15, -0.1) is 0 Å². The van der Waals surface area contributed by atoms with Gasteiger partial charge in [0.2, 0.25) is 0 Å². The first kappa shape index (κ1) is 11.9. The van der Waals surface area contributed by atoms with Crippen LogP contribution in [0.4, 0.5) is 0 Å².